The molecule has 0 amide bonds. The van der Waals surface area contributed by atoms with Gasteiger partial charge >= 0.3 is 0 Å². The topological polar surface area (TPSA) is 167 Å². The summed E-state index contributed by atoms with van der Waals surface area (Å²) in [5.74, 6) is 0. The van der Waals surface area contributed by atoms with E-state index in [0.717, 1.165) is 6.42 Å². The fraction of sp³-hybridized carbons (Fsp3) is 0.900. The van der Waals surface area contributed by atoms with Crippen LogP contribution < -0.4 is 0 Å². The minimum Gasteiger partial charge on any atom is -0.394 e. The third-order valence-corrected chi connectivity index (χ3v) is 5.22. The summed E-state index contributed by atoms with van der Waals surface area (Å²) in [6, 6.07) is 0. The average molecular weight is 512 g/mol. The third-order valence-electron chi connectivity index (χ3n) is 4.79. The van der Waals surface area contributed by atoms with Crippen LogP contribution in [-0.4, -0.2) is 125 Å². The Hall–Kier alpha value is -0.910. The average Bonchev–Trinajstić information content (AvgIpc) is 3.29. The lowest BCUT2D eigenvalue weighted by atomic mass is 10.1. The second-order valence-electron chi connectivity index (χ2n) is 7.53. The quantitative estimate of drug-likeness (QED) is 0.106. The molecule has 0 aliphatic carbocycles. The molecule has 1 fully saturated rings. The summed E-state index contributed by atoms with van der Waals surface area (Å²) in [5, 5.41) is 45.9. The zero-order valence-corrected chi connectivity index (χ0v) is 20.1. The highest BCUT2D eigenvalue weighted by Gasteiger charge is 2.42. The summed E-state index contributed by atoms with van der Waals surface area (Å²) in [4.78, 5) is 0. The zero-order valence-electron chi connectivity index (χ0n) is 19.2. The normalized spacial score (nSPS) is 25.1. The van der Waals surface area contributed by atoms with Crippen LogP contribution in [0.25, 0.3) is 0 Å². The predicted molar refractivity (Wildman–Crippen MR) is 120 cm³/mol. The Balaban J connectivity index is 1.43. The number of hydrogen-bond donors (Lipinski definition) is 5. The van der Waals surface area contributed by atoms with Crippen molar-refractivity contribution in [2.45, 2.75) is 56.0 Å². The number of ether oxygens (including phenoxy) is 6. The van der Waals surface area contributed by atoms with Gasteiger partial charge in [0.2, 0.25) is 0 Å². The molecule has 1 aromatic heterocycles. The van der Waals surface area contributed by atoms with Crippen LogP contribution in [0.15, 0.2) is 6.20 Å². The van der Waals surface area contributed by atoms with E-state index < -0.39 is 30.0 Å². The van der Waals surface area contributed by atoms with E-state index in [4.69, 9.17) is 33.5 Å². The second kappa shape index (κ2) is 17.5. The standard InChI is InChI=1S/C20H37N3O10S/c24-4-8-29-10-12-30-11-9-28-7-3-23-13-15(21-22-23)14-31-5-1-2-6-32-19-17(26)16(25)18(27)20(34)33-19/h13,16-20,24-27,34H,1-12,14H2/t16?,17?,18-,19+,20?/m0/s1. The molecular weight excluding hydrogens is 474 g/mol. The van der Waals surface area contributed by atoms with Crippen molar-refractivity contribution >= 4 is 12.6 Å². The zero-order chi connectivity index (χ0) is 24.6. The van der Waals surface area contributed by atoms with Crippen LogP contribution in [0.2, 0.25) is 0 Å². The highest BCUT2D eigenvalue weighted by Crippen LogP contribution is 2.24. The maximum absolute atomic E-state index is 9.87. The largest absolute Gasteiger partial charge is 0.394 e. The number of thiol groups is 1. The van der Waals surface area contributed by atoms with Gasteiger partial charge in [-0.2, -0.15) is 0 Å². The van der Waals surface area contributed by atoms with Gasteiger partial charge in [-0.05, 0) is 12.8 Å². The molecule has 0 saturated carbocycles. The van der Waals surface area contributed by atoms with E-state index >= 15 is 0 Å². The molecule has 1 aromatic rings. The molecule has 1 aliphatic heterocycles. The van der Waals surface area contributed by atoms with Crippen molar-refractivity contribution in [1.82, 2.24) is 15.0 Å². The van der Waals surface area contributed by atoms with E-state index in [0.29, 0.717) is 78.1 Å². The first-order valence-corrected chi connectivity index (χ1v) is 11.8. The van der Waals surface area contributed by atoms with E-state index in [1.54, 1.807) is 10.9 Å². The van der Waals surface area contributed by atoms with Gasteiger partial charge in [0.05, 0.1) is 65.6 Å². The van der Waals surface area contributed by atoms with E-state index in [-0.39, 0.29) is 6.61 Å². The molecule has 1 aliphatic rings. The van der Waals surface area contributed by atoms with Crippen molar-refractivity contribution in [3.8, 4) is 0 Å². The minimum absolute atomic E-state index is 0.00967. The van der Waals surface area contributed by atoms with E-state index in [2.05, 4.69) is 22.9 Å². The summed E-state index contributed by atoms with van der Waals surface area (Å²) in [6.45, 7) is 4.37. The van der Waals surface area contributed by atoms with E-state index in [1.807, 2.05) is 0 Å². The molecule has 198 valence electrons. The molecule has 5 atom stereocenters. The molecule has 0 aromatic carbocycles. The maximum Gasteiger partial charge on any atom is 0.187 e. The van der Waals surface area contributed by atoms with Crippen LogP contribution in [0.5, 0.6) is 0 Å². The molecule has 0 spiro atoms. The summed E-state index contributed by atoms with van der Waals surface area (Å²) in [7, 11) is 0. The first-order chi connectivity index (χ1) is 16.5. The van der Waals surface area contributed by atoms with Gasteiger partial charge in [-0.15, -0.1) is 17.7 Å². The lowest BCUT2D eigenvalue weighted by molar-refractivity contribution is -0.278. The molecule has 3 unspecified atom stereocenters. The summed E-state index contributed by atoms with van der Waals surface area (Å²) in [6.07, 6.45) is -1.83. The van der Waals surface area contributed by atoms with Crippen LogP contribution in [0, 0.1) is 0 Å². The van der Waals surface area contributed by atoms with Gasteiger partial charge in [-0.25, -0.2) is 4.68 Å². The van der Waals surface area contributed by atoms with Gasteiger partial charge in [-0.3, -0.25) is 0 Å². The molecular formula is C20H37N3O10S. The van der Waals surface area contributed by atoms with Crippen LogP contribution in [0.3, 0.4) is 0 Å². The molecule has 4 N–H and O–H groups in total. The maximum atomic E-state index is 9.87. The molecule has 2 heterocycles. The number of aliphatic hydroxyl groups excluding tert-OH is 4. The fourth-order valence-electron chi connectivity index (χ4n) is 2.93. The summed E-state index contributed by atoms with van der Waals surface area (Å²) >= 11 is 4.01. The first kappa shape index (κ1) is 29.3. The highest BCUT2D eigenvalue weighted by molar-refractivity contribution is 7.80. The number of aliphatic hydroxyl groups is 4. The molecule has 2 rings (SSSR count). The first-order valence-electron chi connectivity index (χ1n) is 11.3. The van der Waals surface area contributed by atoms with Gasteiger partial charge in [0.1, 0.15) is 29.4 Å². The Kier molecular flexibility index (Phi) is 15.1. The number of unbranched alkanes of at least 4 members (excludes halogenated alkanes) is 1. The van der Waals surface area contributed by atoms with Crippen LogP contribution >= 0.6 is 12.6 Å². The van der Waals surface area contributed by atoms with Crippen molar-refractivity contribution in [2.24, 2.45) is 0 Å². The number of nitrogens with zero attached hydrogens (tertiary/aromatic N) is 3. The smallest absolute Gasteiger partial charge is 0.187 e. The van der Waals surface area contributed by atoms with Crippen LogP contribution in [0.4, 0.5) is 0 Å². The summed E-state index contributed by atoms with van der Waals surface area (Å²) < 4.78 is 33.9. The minimum atomic E-state index is -1.37. The van der Waals surface area contributed by atoms with Gasteiger partial charge in [-0.1, -0.05) is 5.21 Å². The third kappa shape index (κ3) is 11.2. The predicted octanol–water partition coefficient (Wildman–Crippen LogP) is -1.67. The summed E-state index contributed by atoms with van der Waals surface area (Å²) in [5.41, 5.74) is -0.206. The van der Waals surface area contributed by atoms with Crippen molar-refractivity contribution in [3.63, 3.8) is 0 Å². The number of hydrogen-bond acceptors (Lipinski definition) is 13. The lowest BCUT2D eigenvalue weighted by Crippen LogP contribution is -2.56. The molecule has 1 saturated heterocycles. The Labute approximate surface area is 204 Å². The number of aromatic nitrogens is 3. The Morgan fingerprint density at radius 1 is 0.853 bits per heavy atom. The Morgan fingerprint density at radius 2 is 1.53 bits per heavy atom. The molecule has 34 heavy (non-hydrogen) atoms. The monoisotopic (exact) mass is 511 g/mol. The number of rotatable bonds is 19. The van der Waals surface area contributed by atoms with Gasteiger partial charge in [0, 0.05) is 13.2 Å². The molecule has 13 nitrogen and oxygen atoms in total. The lowest BCUT2D eigenvalue weighted by Gasteiger charge is -2.38. The van der Waals surface area contributed by atoms with Gasteiger partial charge in [0.15, 0.2) is 6.29 Å². The molecule has 0 radical (unpaired) electrons. The SMILES string of the molecule is OCCOCCOCCOCCn1cc(COCCCCO[C@@H]2OC(S)[C@@H](O)C(O)C2O)nn1. The second-order valence-corrected chi connectivity index (χ2v) is 8.04. The van der Waals surface area contributed by atoms with Crippen molar-refractivity contribution in [1.29, 1.82) is 0 Å². The van der Waals surface area contributed by atoms with E-state index in [1.165, 1.54) is 0 Å². The van der Waals surface area contributed by atoms with Crippen molar-refractivity contribution in [3.05, 3.63) is 11.9 Å². The molecule has 0 bridgehead atoms. The van der Waals surface area contributed by atoms with Crippen LogP contribution in [0.1, 0.15) is 18.5 Å². The van der Waals surface area contributed by atoms with Gasteiger partial charge in [0.25, 0.3) is 0 Å². The van der Waals surface area contributed by atoms with E-state index in [9.17, 15) is 15.3 Å². The Bertz CT molecular complexity index is 643. The van der Waals surface area contributed by atoms with Crippen molar-refractivity contribution in [2.75, 3.05) is 59.5 Å². The fourth-order valence-corrected chi connectivity index (χ4v) is 3.23. The highest BCUT2D eigenvalue weighted by atomic mass is 32.1. The Morgan fingerprint density at radius 3 is 2.26 bits per heavy atom. The van der Waals surface area contributed by atoms with Crippen LogP contribution in [-0.2, 0) is 41.6 Å². The molecule has 14 heteroatoms. The van der Waals surface area contributed by atoms with Gasteiger partial charge < -0.3 is 48.8 Å². The van der Waals surface area contributed by atoms with Crippen molar-refractivity contribution < 1.29 is 48.8 Å².